The molecule has 0 aliphatic carbocycles. The maximum Gasteiger partial charge on any atom is 0.335 e. The molecule has 2 aromatic rings. The van der Waals surface area contributed by atoms with Gasteiger partial charge >= 0.3 is 5.97 Å². The minimum atomic E-state index is -0.985. The molecule has 1 heterocycles. The van der Waals surface area contributed by atoms with E-state index in [2.05, 4.69) is 6.58 Å². The van der Waals surface area contributed by atoms with Crippen molar-refractivity contribution in [3.05, 3.63) is 76.2 Å². The normalized spacial score (nSPS) is 14.7. The van der Waals surface area contributed by atoms with Crippen molar-refractivity contribution in [2.45, 2.75) is 39.8 Å². The van der Waals surface area contributed by atoms with Crippen molar-refractivity contribution < 1.29 is 29.0 Å². The highest BCUT2D eigenvalue weighted by Crippen LogP contribution is 2.38. The first-order valence-corrected chi connectivity index (χ1v) is 11.7. The number of carbonyl (C=O) groups is 3. The number of carboxylic acids is 1. The Morgan fingerprint density at radius 2 is 1.88 bits per heavy atom. The second-order valence-corrected chi connectivity index (χ2v) is 8.86. The fraction of sp³-hybridized carbons (Fsp3) is 0.269. The van der Waals surface area contributed by atoms with Crippen LogP contribution in [0.25, 0.3) is 6.08 Å². The fourth-order valence-electron chi connectivity index (χ4n) is 3.48. The average molecular weight is 482 g/mol. The first-order valence-electron chi connectivity index (χ1n) is 10.9. The highest BCUT2D eigenvalue weighted by molar-refractivity contribution is 8.18. The van der Waals surface area contributed by atoms with Gasteiger partial charge in [-0.1, -0.05) is 18.2 Å². The maximum absolute atomic E-state index is 12.7. The largest absolute Gasteiger partial charge is 0.490 e. The average Bonchev–Trinajstić information content (AvgIpc) is 3.06. The molecule has 0 saturated carbocycles. The van der Waals surface area contributed by atoms with Gasteiger partial charge in [0.2, 0.25) is 0 Å². The predicted octanol–water partition coefficient (Wildman–Crippen LogP) is 5.54. The van der Waals surface area contributed by atoms with E-state index >= 15 is 0 Å². The Labute approximate surface area is 203 Å². The number of aromatic carboxylic acids is 1. The summed E-state index contributed by atoms with van der Waals surface area (Å²) in [5.41, 5.74) is 2.55. The van der Waals surface area contributed by atoms with Crippen LogP contribution in [0.4, 0.5) is 4.79 Å². The van der Waals surface area contributed by atoms with Crippen LogP contribution in [0.1, 0.15) is 47.8 Å². The van der Waals surface area contributed by atoms with Crippen molar-refractivity contribution in [2.75, 3.05) is 6.61 Å². The second-order valence-electron chi connectivity index (χ2n) is 7.87. The zero-order valence-electron chi connectivity index (χ0n) is 19.4. The van der Waals surface area contributed by atoms with Gasteiger partial charge in [-0.3, -0.25) is 14.5 Å². The third-order valence-corrected chi connectivity index (χ3v) is 5.92. The lowest BCUT2D eigenvalue weighted by molar-refractivity contribution is -0.123. The molecule has 7 nitrogen and oxygen atoms in total. The summed E-state index contributed by atoms with van der Waals surface area (Å²) >= 11 is 0.923. The zero-order valence-corrected chi connectivity index (χ0v) is 20.2. The number of imide groups is 1. The standard InChI is InChI=1S/C26H27NO6S/c1-5-7-20-12-18(14-22-24(28)27(16(3)4)26(31)34-22)13-21(32-6-2)23(20)33-15-17-8-10-19(11-9-17)25(29)30/h5,8-14,16H,1,6-7,15H2,2-4H3,(H,29,30)/b22-14+. The number of ether oxygens (including phenoxy) is 2. The summed E-state index contributed by atoms with van der Waals surface area (Å²) in [6.45, 7) is 9.92. The molecule has 0 radical (unpaired) electrons. The first-order chi connectivity index (χ1) is 16.2. The Morgan fingerprint density at radius 1 is 1.18 bits per heavy atom. The molecule has 3 rings (SSSR count). The highest BCUT2D eigenvalue weighted by atomic mass is 32.2. The molecule has 178 valence electrons. The molecule has 0 aromatic heterocycles. The molecular formula is C26H27NO6S. The number of rotatable bonds is 10. The number of thioether (sulfide) groups is 1. The van der Waals surface area contributed by atoms with Crippen LogP contribution in [-0.4, -0.2) is 39.8 Å². The Bertz CT molecular complexity index is 1140. The van der Waals surface area contributed by atoms with Crippen molar-refractivity contribution in [2.24, 2.45) is 0 Å². The van der Waals surface area contributed by atoms with Crippen LogP contribution in [0.15, 0.2) is 54.0 Å². The number of benzene rings is 2. The van der Waals surface area contributed by atoms with Gasteiger partial charge in [-0.15, -0.1) is 6.58 Å². The van der Waals surface area contributed by atoms with Gasteiger partial charge in [-0.2, -0.15) is 0 Å². The SMILES string of the molecule is C=CCc1cc(/C=C2/SC(=O)N(C(C)C)C2=O)cc(OCC)c1OCc1ccc(C(=O)O)cc1. The summed E-state index contributed by atoms with van der Waals surface area (Å²) in [4.78, 5) is 37.6. The Hall–Kier alpha value is -3.52. The molecule has 1 saturated heterocycles. The van der Waals surface area contributed by atoms with Gasteiger partial charge < -0.3 is 14.6 Å². The lowest BCUT2D eigenvalue weighted by Gasteiger charge is -2.17. The van der Waals surface area contributed by atoms with Crippen molar-refractivity contribution in [3.63, 3.8) is 0 Å². The number of carboxylic acid groups (broad SMARTS) is 1. The lowest BCUT2D eigenvalue weighted by atomic mass is 10.0. The third kappa shape index (κ3) is 5.69. The summed E-state index contributed by atoms with van der Waals surface area (Å²) in [5.74, 6) is -0.227. The van der Waals surface area contributed by atoms with E-state index < -0.39 is 5.97 Å². The number of allylic oxidation sites excluding steroid dienone is 1. The number of hydrogen-bond donors (Lipinski definition) is 1. The number of nitrogens with zero attached hydrogens (tertiary/aromatic N) is 1. The number of carbonyl (C=O) groups excluding carboxylic acids is 2. The van der Waals surface area contributed by atoms with Gasteiger partial charge in [0, 0.05) is 11.6 Å². The summed E-state index contributed by atoms with van der Waals surface area (Å²) in [5, 5.41) is 8.79. The zero-order chi connectivity index (χ0) is 24.8. The highest BCUT2D eigenvalue weighted by Gasteiger charge is 2.36. The van der Waals surface area contributed by atoms with Crippen LogP contribution in [0.2, 0.25) is 0 Å². The molecule has 0 atom stereocenters. The Balaban J connectivity index is 1.93. The van der Waals surface area contributed by atoms with E-state index in [-0.39, 0.29) is 29.4 Å². The summed E-state index contributed by atoms with van der Waals surface area (Å²) in [6.07, 6.45) is 3.94. The predicted molar refractivity (Wildman–Crippen MR) is 132 cm³/mol. The molecule has 1 aliphatic heterocycles. The third-order valence-electron chi connectivity index (χ3n) is 5.04. The van der Waals surface area contributed by atoms with E-state index in [1.807, 2.05) is 13.0 Å². The van der Waals surface area contributed by atoms with Crippen molar-refractivity contribution >= 4 is 35.0 Å². The second kappa shape index (κ2) is 11.1. The van der Waals surface area contributed by atoms with Crippen LogP contribution < -0.4 is 9.47 Å². The van der Waals surface area contributed by atoms with Gasteiger partial charge in [-0.25, -0.2) is 4.79 Å². The van der Waals surface area contributed by atoms with Crippen LogP contribution in [-0.2, 0) is 17.8 Å². The fourth-order valence-corrected chi connectivity index (χ4v) is 4.44. The van der Waals surface area contributed by atoms with Crippen LogP contribution in [0.3, 0.4) is 0 Å². The Kier molecular flexibility index (Phi) is 8.17. The smallest absolute Gasteiger partial charge is 0.335 e. The van der Waals surface area contributed by atoms with Crippen LogP contribution in [0.5, 0.6) is 11.5 Å². The van der Waals surface area contributed by atoms with Crippen molar-refractivity contribution in [1.82, 2.24) is 4.90 Å². The molecule has 1 fully saturated rings. The van der Waals surface area contributed by atoms with E-state index in [0.29, 0.717) is 35.0 Å². The molecule has 1 aliphatic rings. The number of hydrogen-bond acceptors (Lipinski definition) is 6. The summed E-state index contributed by atoms with van der Waals surface area (Å²) in [7, 11) is 0. The van der Waals surface area contributed by atoms with E-state index in [9.17, 15) is 14.4 Å². The monoisotopic (exact) mass is 481 g/mol. The minimum Gasteiger partial charge on any atom is -0.490 e. The lowest BCUT2D eigenvalue weighted by Crippen LogP contribution is -2.34. The van der Waals surface area contributed by atoms with E-state index in [0.717, 1.165) is 22.9 Å². The molecule has 0 bridgehead atoms. The van der Waals surface area contributed by atoms with E-state index in [1.165, 1.54) is 17.0 Å². The van der Waals surface area contributed by atoms with Crippen molar-refractivity contribution in [3.8, 4) is 11.5 Å². The van der Waals surface area contributed by atoms with Gasteiger partial charge in [0.15, 0.2) is 11.5 Å². The van der Waals surface area contributed by atoms with E-state index in [4.69, 9.17) is 14.6 Å². The van der Waals surface area contributed by atoms with E-state index in [1.54, 1.807) is 44.2 Å². The Morgan fingerprint density at radius 3 is 2.44 bits per heavy atom. The molecule has 34 heavy (non-hydrogen) atoms. The minimum absolute atomic E-state index is 0.206. The van der Waals surface area contributed by atoms with Crippen LogP contribution in [0, 0.1) is 0 Å². The van der Waals surface area contributed by atoms with Crippen molar-refractivity contribution in [1.29, 1.82) is 0 Å². The molecule has 1 N–H and O–H groups in total. The van der Waals surface area contributed by atoms with Gasteiger partial charge in [0.05, 0.1) is 17.1 Å². The summed E-state index contributed by atoms with van der Waals surface area (Å²) < 4.78 is 11.9. The quantitative estimate of drug-likeness (QED) is 0.352. The van der Waals surface area contributed by atoms with Gasteiger partial charge in [-0.05, 0) is 80.4 Å². The molecule has 8 heteroatoms. The van der Waals surface area contributed by atoms with Gasteiger partial charge in [0.1, 0.15) is 6.61 Å². The number of amides is 2. The molecule has 2 amide bonds. The molecule has 2 aromatic carbocycles. The van der Waals surface area contributed by atoms with Gasteiger partial charge in [0.25, 0.3) is 11.1 Å². The molecular weight excluding hydrogens is 454 g/mol. The first kappa shape index (κ1) is 25.1. The molecule has 0 spiro atoms. The molecule has 0 unspecified atom stereocenters. The van der Waals surface area contributed by atoms with Crippen LogP contribution >= 0.6 is 11.8 Å². The maximum atomic E-state index is 12.7. The topological polar surface area (TPSA) is 93.1 Å². The summed E-state index contributed by atoms with van der Waals surface area (Å²) in [6, 6.07) is 9.92.